The molecule has 1 N–H and O–H groups in total. The molecule has 2 aromatic carbocycles. The number of nitrogens with one attached hydrogen (secondary N) is 1. The Morgan fingerprint density at radius 2 is 2.14 bits per heavy atom. The van der Waals surface area contributed by atoms with Crippen LogP contribution in [0, 0.1) is 15.9 Å². The van der Waals surface area contributed by atoms with E-state index >= 15 is 0 Å². The first kappa shape index (κ1) is 13.2. The lowest BCUT2D eigenvalue weighted by Crippen LogP contribution is -2.03. The number of hydrogen-bond acceptors (Lipinski definition) is 5. The molecule has 1 aliphatic rings. The molecule has 0 atom stereocenters. The average molecular weight is 290 g/mol. The van der Waals surface area contributed by atoms with Crippen molar-refractivity contribution in [3.05, 3.63) is 57.9 Å². The van der Waals surface area contributed by atoms with Crippen LogP contribution in [0.25, 0.3) is 0 Å². The van der Waals surface area contributed by atoms with Crippen molar-refractivity contribution in [1.29, 1.82) is 0 Å². The predicted molar refractivity (Wildman–Crippen MR) is 72.9 cm³/mol. The van der Waals surface area contributed by atoms with Crippen molar-refractivity contribution in [1.82, 2.24) is 0 Å². The second kappa shape index (κ2) is 5.28. The van der Waals surface area contributed by atoms with E-state index < -0.39 is 10.7 Å². The molecule has 108 valence electrons. The monoisotopic (exact) mass is 290 g/mol. The maximum absolute atomic E-state index is 13.7. The van der Waals surface area contributed by atoms with Crippen LogP contribution in [0.2, 0.25) is 0 Å². The number of anilines is 1. The molecule has 21 heavy (non-hydrogen) atoms. The summed E-state index contributed by atoms with van der Waals surface area (Å²) < 4.78 is 24.3. The van der Waals surface area contributed by atoms with Gasteiger partial charge in [-0.25, -0.2) is 4.39 Å². The highest BCUT2D eigenvalue weighted by atomic mass is 19.1. The van der Waals surface area contributed by atoms with Crippen LogP contribution in [0.1, 0.15) is 5.56 Å². The molecule has 0 bridgehead atoms. The zero-order valence-corrected chi connectivity index (χ0v) is 10.8. The van der Waals surface area contributed by atoms with Gasteiger partial charge >= 0.3 is 0 Å². The molecule has 1 aliphatic heterocycles. The number of rotatable bonds is 4. The third-order valence-electron chi connectivity index (χ3n) is 3.11. The molecule has 0 saturated heterocycles. The summed E-state index contributed by atoms with van der Waals surface area (Å²) in [6.45, 7) is 0.419. The standard InChI is InChI=1S/C14H11FN2O4/c15-11-5-4-10(17(18)19)6-12(11)16-7-9-2-1-3-13-14(9)21-8-20-13/h1-6,16H,7-8H2. The number of non-ortho nitro benzene ring substituents is 1. The van der Waals surface area contributed by atoms with Gasteiger partial charge in [0.1, 0.15) is 5.82 Å². The van der Waals surface area contributed by atoms with Crippen LogP contribution in [-0.4, -0.2) is 11.7 Å². The minimum atomic E-state index is -0.568. The van der Waals surface area contributed by atoms with E-state index in [9.17, 15) is 14.5 Å². The molecule has 1 heterocycles. The fourth-order valence-electron chi connectivity index (χ4n) is 2.08. The lowest BCUT2D eigenvalue weighted by molar-refractivity contribution is -0.384. The van der Waals surface area contributed by atoms with E-state index in [1.807, 2.05) is 6.07 Å². The number of para-hydroxylation sites is 1. The molecule has 0 amide bonds. The Kier molecular flexibility index (Phi) is 3.31. The molecule has 0 aromatic heterocycles. The largest absolute Gasteiger partial charge is 0.454 e. The van der Waals surface area contributed by atoms with Gasteiger partial charge in [0.05, 0.1) is 10.6 Å². The summed E-state index contributed by atoms with van der Waals surface area (Å²) >= 11 is 0. The Bertz CT molecular complexity index is 705. The van der Waals surface area contributed by atoms with Gasteiger partial charge in [-0.15, -0.1) is 0 Å². The molecule has 0 unspecified atom stereocenters. The third-order valence-corrected chi connectivity index (χ3v) is 3.11. The summed E-state index contributed by atoms with van der Waals surface area (Å²) in [5, 5.41) is 13.6. The first-order valence-corrected chi connectivity index (χ1v) is 6.20. The molecule has 3 rings (SSSR count). The van der Waals surface area contributed by atoms with Crippen molar-refractivity contribution in [3.8, 4) is 11.5 Å². The summed E-state index contributed by atoms with van der Waals surface area (Å²) in [5.74, 6) is 0.690. The molecule has 0 spiro atoms. The second-order valence-electron chi connectivity index (χ2n) is 4.43. The SMILES string of the molecule is O=[N+]([O-])c1ccc(F)c(NCc2cccc3c2OCO3)c1. The lowest BCUT2D eigenvalue weighted by atomic mass is 10.1. The number of ether oxygens (including phenoxy) is 2. The maximum atomic E-state index is 13.7. The van der Waals surface area contributed by atoms with E-state index in [0.29, 0.717) is 11.5 Å². The van der Waals surface area contributed by atoms with Crippen LogP contribution in [0.3, 0.4) is 0 Å². The summed E-state index contributed by atoms with van der Waals surface area (Å²) in [6, 6.07) is 8.74. The molecule has 2 aromatic rings. The Morgan fingerprint density at radius 1 is 1.29 bits per heavy atom. The summed E-state index contributed by atoms with van der Waals surface area (Å²) in [6.07, 6.45) is 0. The Labute approximate surface area is 119 Å². The number of hydrogen-bond donors (Lipinski definition) is 1. The average Bonchev–Trinajstić information content (AvgIpc) is 2.95. The quantitative estimate of drug-likeness (QED) is 0.692. The molecule has 0 saturated carbocycles. The van der Waals surface area contributed by atoms with Gasteiger partial charge < -0.3 is 14.8 Å². The van der Waals surface area contributed by atoms with Gasteiger partial charge in [0.2, 0.25) is 6.79 Å². The Hall–Kier alpha value is -2.83. The maximum Gasteiger partial charge on any atom is 0.271 e. The zero-order chi connectivity index (χ0) is 14.8. The molecular weight excluding hydrogens is 279 g/mol. The molecule has 6 nitrogen and oxygen atoms in total. The minimum Gasteiger partial charge on any atom is -0.454 e. The van der Waals surface area contributed by atoms with E-state index in [-0.39, 0.29) is 24.7 Å². The second-order valence-corrected chi connectivity index (χ2v) is 4.43. The first-order chi connectivity index (χ1) is 10.1. The highest BCUT2D eigenvalue weighted by Crippen LogP contribution is 2.35. The number of nitro benzene ring substituents is 1. The molecule has 0 radical (unpaired) electrons. The smallest absolute Gasteiger partial charge is 0.271 e. The van der Waals surface area contributed by atoms with Crippen LogP contribution < -0.4 is 14.8 Å². The van der Waals surface area contributed by atoms with Crippen molar-refractivity contribution in [2.45, 2.75) is 6.54 Å². The lowest BCUT2D eigenvalue weighted by Gasteiger charge is -2.09. The number of benzene rings is 2. The van der Waals surface area contributed by atoms with Crippen molar-refractivity contribution in [2.24, 2.45) is 0 Å². The molecular formula is C14H11FN2O4. The molecule has 0 aliphatic carbocycles. The normalized spacial score (nSPS) is 12.2. The number of nitrogens with zero attached hydrogens (tertiary/aromatic N) is 1. The van der Waals surface area contributed by atoms with E-state index in [0.717, 1.165) is 23.8 Å². The zero-order valence-electron chi connectivity index (χ0n) is 10.8. The fourth-order valence-corrected chi connectivity index (χ4v) is 2.08. The predicted octanol–water partition coefficient (Wildman–Crippen LogP) is 3.07. The highest BCUT2D eigenvalue weighted by molar-refractivity contribution is 5.54. The van der Waals surface area contributed by atoms with Crippen LogP contribution >= 0.6 is 0 Å². The van der Waals surface area contributed by atoms with Crippen molar-refractivity contribution in [3.63, 3.8) is 0 Å². The van der Waals surface area contributed by atoms with Crippen molar-refractivity contribution >= 4 is 11.4 Å². The number of nitro groups is 1. The van der Waals surface area contributed by atoms with Gasteiger partial charge in [-0.05, 0) is 12.1 Å². The third kappa shape index (κ3) is 2.58. The van der Waals surface area contributed by atoms with Crippen molar-refractivity contribution < 1.29 is 18.8 Å². The van der Waals surface area contributed by atoms with Gasteiger partial charge in [-0.3, -0.25) is 10.1 Å². The van der Waals surface area contributed by atoms with Gasteiger partial charge in [0, 0.05) is 24.2 Å². The van der Waals surface area contributed by atoms with Crippen LogP contribution in [-0.2, 0) is 6.54 Å². The van der Waals surface area contributed by atoms with E-state index in [4.69, 9.17) is 9.47 Å². The van der Waals surface area contributed by atoms with Gasteiger partial charge in [-0.1, -0.05) is 12.1 Å². The van der Waals surface area contributed by atoms with Crippen LogP contribution in [0.5, 0.6) is 11.5 Å². The Morgan fingerprint density at radius 3 is 2.95 bits per heavy atom. The van der Waals surface area contributed by atoms with Crippen molar-refractivity contribution in [2.75, 3.05) is 12.1 Å². The van der Waals surface area contributed by atoms with Gasteiger partial charge in [0.15, 0.2) is 11.5 Å². The van der Waals surface area contributed by atoms with Gasteiger partial charge in [0.25, 0.3) is 5.69 Å². The van der Waals surface area contributed by atoms with E-state index in [2.05, 4.69) is 5.32 Å². The van der Waals surface area contributed by atoms with E-state index in [1.54, 1.807) is 12.1 Å². The van der Waals surface area contributed by atoms with Crippen LogP contribution in [0.15, 0.2) is 36.4 Å². The fraction of sp³-hybridized carbons (Fsp3) is 0.143. The topological polar surface area (TPSA) is 73.6 Å². The summed E-state index contributed by atoms with van der Waals surface area (Å²) in [4.78, 5) is 10.1. The number of halogens is 1. The van der Waals surface area contributed by atoms with Crippen LogP contribution in [0.4, 0.5) is 15.8 Å². The summed E-state index contributed by atoms with van der Waals surface area (Å²) in [7, 11) is 0. The summed E-state index contributed by atoms with van der Waals surface area (Å²) in [5.41, 5.74) is 0.688. The van der Waals surface area contributed by atoms with E-state index in [1.165, 1.54) is 0 Å². The first-order valence-electron chi connectivity index (χ1n) is 6.20. The number of fused-ring (bicyclic) bond motifs is 1. The molecule has 7 heteroatoms. The highest BCUT2D eigenvalue weighted by Gasteiger charge is 2.17. The molecule has 0 fully saturated rings. The van der Waals surface area contributed by atoms with Gasteiger partial charge in [-0.2, -0.15) is 0 Å². The minimum absolute atomic E-state index is 0.0701. The Balaban J connectivity index is 1.81.